The van der Waals surface area contributed by atoms with Crippen molar-refractivity contribution in [2.45, 2.75) is 38.1 Å². The van der Waals surface area contributed by atoms with Crippen molar-refractivity contribution in [1.29, 1.82) is 5.26 Å². The Morgan fingerprint density at radius 2 is 2.22 bits per heavy atom. The Morgan fingerprint density at radius 1 is 1.50 bits per heavy atom. The summed E-state index contributed by atoms with van der Waals surface area (Å²) < 4.78 is 0. The average molecular weight is 244 g/mol. The van der Waals surface area contributed by atoms with E-state index < -0.39 is 5.54 Å². The fourth-order valence-corrected chi connectivity index (χ4v) is 2.22. The van der Waals surface area contributed by atoms with Gasteiger partial charge in [-0.1, -0.05) is 6.92 Å². The zero-order valence-corrected chi connectivity index (χ0v) is 10.4. The topological polar surface area (TPSA) is 78.7 Å². The number of nitrogens with one attached hydrogen (secondary N) is 1. The van der Waals surface area contributed by atoms with Crippen molar-refractivity contribution in [2.24, 2.45) is 5.92 Å². The summed E-state index contributed by atoms with van der Waals surface area (Å²) in [4.78, 5) is 19.8. The van der Waals surface area contributed by atoms with Gasteiger partial charge >= 0.3 is 0 Å². The summed E-state index contributed by atoms with van der Waals surface area (Å²) in [5, 5.41) is 12.1. The molecular weight excluding hydrogens is 228 g/mol. The van der Waals surface area contributed by atoms with Crippen LogP contribution in [0.4, 0.5) is 0 Å². The van der Waals surface area contributed by atoms with Gasteiger partial charge in [0, 0.05) is 12.4 Å². The minimum atomic E-state index is -0.735. The number of hydrogen-bond acceptors (Lipinski definition) is 4. The number of nitrogens with zero attached hydrogens (tertiary/aromatic N) is 3. The zero-order valence-electron chi connectivity index (χ0n) is 10.4. The third kappa shape index (κ3) is 2.65. The fourth-order valence-electron chi connectivity index (χ4n) is 2.22. The van der Waals surface area contributed by atoms with Crippen molar-refractivity contribution < 1.29 is 4.79 Å². The van der Waals surface area contributed by atoms with Gasteiger partial charge in [0.05, 0.1) is 12.3 Å². The van der Waals surface area contributed by atoms with E-state index in [0.717, 1.165) is 12.8 Å². The van der Waals surface area contributed by atoms with Crippen molar-refractivity contribution in [3.05, 3.63) is 24.3 Å². The molecule has 1 N–H and O–H groups in total. The van der Waals surface area contributed by atoms with E-state index in [4.69, 9.17) is 0 Å². The third-order valence-corrected chi connectivity index (χ3v) is 3.49. The molecule has 0 aliphatic heterocycles. The molecule has 1 heterocycles. The van der Waals surface area contributed by atoms with Crippen LogP contribution in [-0.4, -0.2) is 21.4 Å². The summed E-state index contributed by atoms with van der Waals surface area (Å²) in [6, 6.07) is 2.26. The van der Waals surface area contributed by atoms with Crippen molar-refractivity contribution >= 4 is 5.91 Å². The van der Waals surface area contributed by atoms with E-state index >= 15 is 0 Å². The number of rotatable bonds is 2. The van der Waals surface area contributed by atoms with Crippen LogP contribution in [0.3, 0.4) is 0 Å². The molecule has 1 fully saturated rings. The molecule has 0 aromatic carbocycles. The maximum atomic E-state index is 12.0. The molecule has 1 saturated carbocycles. The smallest absolute Gasteiger partial charge is 0.272 e. The first-order valence-corrected chi connectivity index (χ1v) is 6.15. The number of aromatic nitrogens is 2. The van der Waals surface area contributed by atoms with Crippen LogP contribution in [0, 0.1) is 17.2 Å². The number of nitriles is 1. The summed E-state index contributed by atoms with van der Waals surface area (Å²) in [6.07, 6.45) is 7.73. The molecule has 2 rings (SSSR count). The Hall–Kier alpha value is -1.96. The molecule has 0 spiro atoms. The number of carbonyl (C=O) groups is 1. The monoisotopic (exact) mass is 244 g/mol. The molecule has 18 heavy (non-hydrogen) atoms. The van der Waals surface area contributed by atoms with Crippen molar-refractivity contribution in [1.82, 2.24) is 15.3 Å². The Balaban J connectivity index is 2.08. The van der Waals surface area contributed by atoms with Crippen LogP contribution < -0.4 is 5.32 Å². The predicted octanol–water partition coefficient (Wildman–Crippen LogP) is 1.68. The highest BCUT2D eigenvalue weighted by atomic mass is 16.2. The maximum Gasteiger partial charge on any atom is 0.272 e. The minimum Gasteiger partial charge on any atom is -0.332 e. The van der Waals surface area contributed by atoms with E-state index in [1.807, 2.05) is 0 Å². The van der Waals surface area contributed by atoms with Gasteiger partial charge < -0.3 is 5.32 Å². The quantitative estimate of drug-likeness (QED) is 0.858. The van der Waals surface area contributed by atoms with Gasteiger partial charge in [-0.15, -0.1) is 0 Å². The van der Waals surface area contributed by atoms with Crippen LogP contribution in [0.2, 0.25) is 0 Å². The summed E-state index contributed by atoms with van der Waals surface area (Å²) in [5.74, 6) is 0.305. The van der Waals surface area contributed by atoms with Gasteiger partial charge in [0.1, 0.15) is 11.2 Å². The highest BCUT2D eigenvalue weighted by molar-refractivity contribution is 5.92. The molecule has 1 aromatic heterocycles. The van der Waals surface area contributed by atoms with Gasteiger partial charge in [-0.25, -0.2) is 4.98 Å². The Bertz CT molecular complexity index is 458. The third-order valence-electron chi connectivity index (χ3n) is 3.49. The number of hydrogen-bond donors (Lipinski definition) is 1. The lowest BCUT2D eigenvalue weighted by molar-refractivity contribution is 0.0888. The lowest BCUT2D eigenvalue weighted by Gasteiger charge is -2.34. The number of carbonyl (C=O) groups excluding carboxylic acids is 1. The van der Waals surface area contributed by atoms with E-state index in [1.54, 1.807) is 0 Å². The first kappa shape index (κ1) is 12.5. The highest BCUT2D eigenvalue weighted by Crippen LogP contribution is 2.31. The van der Waals surface area contributed by atoms with E-state index in [0.29, 0.717) is 18.8 Å². The molecule has 0 radical (unpaired) electrons. The minimum absolute atomic E-state index is 0.255. The largest absolute Gasteiger partial charge is 0.332 e. The standard InChI is InChI=1S/C13H16N4O/c1-10-2-4-13(9-14,5-3-10)17-12(18)11-8-15-6-7-16-11/h6-8,10H,2-5H2,1H3,(H,17,18). The lowest BCUT2D eigenvalue weighted by atomic mass is 9.78. The van der Waals surface area contributed by atoms with Crippen LogP contribution in [0.15, 0.2) is 18.6 Å². The first-order chi connectivity index (χ1) is 8.65. The van der Waals surface area contributed by atoms with E-state index in [1.165, 1.54) is 18.6 Å². The predicted molar refractivity (Wildman–Crippen MR) is 65.5 cm³/mol. The molecular formula is C13H16N4O. The Labute approximate surface area is 106 Å². The molecule has 0 saturated heterocycles. The first-order valence-electron chi connectivity index (χ1n) is 6.15. The van der Waals surface area contributed by atoms with Gasteiger partial charge in [0.25, 0.3) is 5.91 Å². The molecule has 5 nitrogen and oxygen atoms in total. The lowest BCUT2D eigenvalue weighted by Crippen LogP contribution is -2.49. The van der Waals surface area contributed by atoms with Gasteiger partial charge in [0.2, 0.25) is 0 Å². The Kier molecular flexibility index (Phi) is 3.56. The maximum absolute atomic E-state index is 12.0. The van der Waals surface area contributed by atoms with Crippen LogP contribution >= 0.6 is 0 Å². The average Bonchev–Trinajstić information content (AvgIpc) is 2.43. The van der Waals surface area contributed by atoms with Crippen LogP contribution in [0.5, 0.6) is 0 Å². The van der Waals surface area contributed by atoms with E-state index in [9.17, 15) is 10.1 Å². The van der Waals surface area contributed by atoms with Crippen molar-refractivity contribution in [3.63, 3.8) is 0 Å². The van der Waals surface area contributed by atoms with Crippen LogP contribution in [-0.2, 0) is 0 Å². The zero-order chi connectivity index (χ0) is 13.0. The molecule has 5 heteroatoms. The molecule has 0 bridgehead atoms. The summed E-state index contributed by atoms with van der Waals surface area (Å²) in [7, 11) is 0. The van der Waals surface area contributed by atoms with Gasteiger partial charge in [0.15, 0.2) is 0 Å². The Morgan fingerprint density at radius 3 is 2.78 bits per heavy atom. The molecule has 1 aliphatic rings. The second-order valence-corrected chi connectivity index (χ2v) is 4.92. The molecule has 1 aliphatic carbocycles. The van der Waals surface area contributed by atoms with Gasteiger partial charge in [-0.3, -0.25) is 9.78 Å². The van der Waals surface area contributed by atoms with Crippen molar-refractivity contribution in [3.8, 4) is 6.07 Å². The molecule has 0 unspecified atom stereocenters. The van der Waals surface area contributed by atoms with E-state index in [2.05, 4.69) is 28.3 Å². The second-order valence-electron chi connectivity index (χ2n) is 4.92. The fraction of sp³-hybridized carbons (Fsp3) is 0.538. The van der Waals surface area contributed by atoms with Crippen molar-refractivity contribution in [2.75, 3.05) is 0 Å². The summed E-state index contributed by atoms with van der Waals surface area (Å²) >= 11 is 0. The summed E-state index contributed by atoms with van der Waals surface area (Å²) in [5.41, 5.74) is -0.480. The molecule has 1 amide bonds. The highest BCUT2D eigenvalue weighted by Gasteiger charge is 2.36. The normalized spacial score (nSPS) is 27.2. The van der Waals surface area contributed by atoms with Gasteiger partial charge in [-0.2, -0.15) is 5.26 Å². The molecule has 94 valence electrons. The number of amides is 1. The van der Waals surface area contributed by atoms with E-state index in [-0.39, 0.29) is 11.6 Å². The van der Waals surface area contributed by atoms with Gasteiger partial charge in [-0.05, 0) is 31.6 Å². The second kappa shape index (κ2) is 5.13. The molecule has 0 atom stereocenters. The molecule has 1 aromatic rings. The SMILES string of the molecule is CC1CCC(C#N)(NC(=O)c2cnccn2)CC1. The van der Waals surface area contributed by atoms with Crippen LogP contribution in [0.1, 0.15) is 43.1 Å². The summed E-state index contributed by atoms with van der Waals surface area (Å²) in [6.45, 7) is 2.17. The van der Waals surface area contributed by atoms with Crippen LogP contribution in [0.25, 0.3) is 0 Å².